The van der Waals surface area contributed by atoms with Gasteiger partial charge in [0.25, 0.3) is 10.0 Å². The van der Waals surface area contributed by atoms with Crippen molar-refractivity contribution >= 4 is 27.5 Å². The molecular formula is C26H28FN3O5S. The van der Waals surface area contributed by atoms with Crippen LogP contribution in [0.4, 0.5) is 10.1 Å². The number of likely N-dealkylation sites (N-methyl/N-ethyl adjacent to an activating group) is 1. The van der Waals surface area contributed by atoms with E-state index in [1.54, 1.807) is 37.3 Å². The van der Waals surface area contributed by atoms with E-state index in [0.29, 0.717) is 11.3 Å². The fraction of sp³-hybridized carbons (Fsp3) is 0.231. The number of sulfonamides is 1. The minimum absolute atomic E-state index is 0.0217. The van der Waals surface area contributed by atoms with E-state index in [1.165, 1.54) is 61.5 Å². The van der Waals surface area contributed by atoms with Crippen molar-refractivity contribution in [1.29, 1.82) is 0 Å². The van der Waals surface area contributed by atoms with E-state index in [4.69, 9.17) is 4.74 Å². The van der Waals surface area contributed by atoms with E-state index in [1.807, 2.05) is 0 Å². The van der Waals surface area contributed by atoms with Gasteiger partial charge < -0.3 is 15.0 Å². The predicted molar refractivity (Wildman–Crippen MR) is 134 cm³/mol. The number of amides is 2. The van der Waals surface area contributed by atoms with Crippen LogP contribution in [-0.2, 0) is 26.2 Å². The molecule has 2 amide bonds. The van der Waals surface area contributed by atoms with Gasteiger partial charge in [-0.1, -0.05) is 42.5 Å². The molecule has 1 atom stereocenters. The lowest BCUT2D eigenvalue weighted by Crippen LogP contribution is -2.50. The summed E-state index contributed by atoms with van der Waals surface area (Å²) in [5.41, 5.74) is 0.426. The molecule has 0 radical (unpaired) electrons. The number of hydrogen-bond donors (Lipinski definition) is 1. The zero-order valence-electron chi connectivity index (χ0n) is 20.2. The third-order valence-electron chi connectivity index (χ3n) is 5.66. The van der Waals surface area contributed by atoms with E-state index in [-0.39, 0.29) is 17.1 Å². The molecule has 0 aromatic heterocycles. The van der Waals surface area contributed by atoms with Gasteiger partial charge in [-0.2, -0.15) is 0 Å². The summed E-state index contributed by atoms with van der Waals surface area (Å²) >= 11 is 0. The largest absolute Gasteiger partial charge is 0.497 e. The van der Waals surface area contributed by atoms with Crippen LogP contribution in [0.25, 0.3) is 0 Å². The van der Waals surface area contributed by atoms with Crippen LogP contribution < -0.4 is 14.4 Å². The molecule has 0 aliphatic heterocycles. The van der Waals surface area contributed by atoms with Crippen molar-refractivity contribution in [2.45, 2.75) is 24.4 Å². The molecule has 0 bridgehead atoms. The van der Waals surface area contributed by atoms with Gasteiger partial charge in [-0.15, -0.1) is 0 Å². The number of hydrogen-bond acceptors (Lipinski definition) is 5. The van der Waals surface area contributed by atoms with Crippen molar-refractivity contribution in [3.05, 3.63) is 90.2 Å². The molecule has 0 aliphatic rings. The van der Waals surface area contributed by atoms with E-state index in [2.05, 4.69) is 5.32 Å². The number of halogens is 1. The number of nitrogens with one attached hydrogen (secondary N) is 1. The summed E-state index contributed by atoms with van der Waals surface area (Å²) < 4.78 is 47.7. The first kappa shape index (κ1) is 26.7. The van der Waals surface area contributed by atoms with Crippen molar-refractivity contribution in [2.24, 2.45) is 0 Å². The normalized spacial score (nSPS) is 11.9. The second-order valence-corrected chi connectivity index (χ2v) is 9.80. The summed E-state index contributed by atoms with van der Waals surface area (Å²) in [5, 5.41) is 2.51. The Morgan fingerprint density at radius 2 is 1.58 bits per heavy atom. The number of rotatable bonds is 10. The monoisotopic (exact) mass is 513 g/mol. The highest BCUT2D eigenvalue weighted by Gasteiger charge is 2.33. The maximum absolute atomic E-state index is 14.8. The maximum atomic E-state index is 14.8. The number of benzene rings is 3. The minimum atomic E-state index is -4.31. The van der Waals surface area contributed by atoms with Gasteiger partial charge in [0.05, 0.1) is 17.7 Å². The molecule has 0 fully saturated rings. The number of ether oxygens (including phenoxy) is 1. The SMILES string of the molecule is CNC(=O)[C@@H](C)N(Cc1ccc(OC)cc1)C(=O)CN(c1ccccc1F)S(=O)(=O)c1ccccc1. The average molecular weight is 514 g/mol. The van der Waals surface area contributed by atoms with Gasteiger partial charge in [0, 0.05) is 13.6 Å². The summed E-state index contributed by atoms with van der Waals surface area (Å²) in [7, 11) is -1.33. The van der Waals surface area contributed by atoms with Gasteiger partial charge in [-0.05, 0) is 48.9 Å². The first-order chi connectivity index (χ1) is 17.2. The number of nitrogens with zero attached hydrogens (tertiary/aromatic N) is 2. The number of methoxy groups -OCH3 is 1. The minimum Gasteiger partial charge on any atom is -0.497 e. The van der Waals surface area contributed by atoms with Crippen LogP contribution >= 0.6 is 0 Å². The number of para-hydroxylation sites is 1. The van der Waals surface area contributed by atoms with Crippen molar-refractivity contribution in [3.8, 4) is 5.75 Å². The summed E-state index contributed by atoms with van der Waals surface area (Å²) in [4.78, 5) is 27.2. The molecule has 0 saturated carbocycles. The Morgan fingerprint density at radius 1 is 0.972 bits per heavy atom. The summed E-state index contributed by atoms with van der Waals surface area (Å²) in [6, 6.07) is 18.8. The first-order valence-electron chi connectivity index (χ1n) is 11.2. The lowest BCUT2D eigenvalue weighted by molar-refractivity contribution is -0.139. The fourth-order valence-corrected chi connectivity index (χ4v) is 5.05. The lowest BCUT2D eigenvalue weighted by Gasteiger charge is -2.31. The molecule has 0 saturated heterocycles. The van der Waals surface area contributed by atoms with Crippen LogP contribution in [0.15, 0.2) is 83.8 Å². The summed E-state index contributed by atoms with van der Waals surface area (Å²) in [5.74, 6) is -1.29. The smallest absolute Gasteiger partial charge is 0.264 e. The van der Waals surface area contributed by atoms with E-state index < -0.39 is 40.2 Å². The Bertz CT molecular complexity index is 1300. The average Bonchev–Trinajstić information content (AvgIpc) is 2.90. The highest BCUT2D eigenvalue weighted by molar-refractivity contribution is 7.92. The Morgan fingerprint density at radius 3 is 2.17 bits per heavy atom. The standard InChI is InChI=1S/C26H28FN3O5S/c1-19(26(32)28-2)29(17-20-13-15-21(35-3)16-14-20)25(31)18-30(24-12-8-7-11-23(24)27)36(33,34)22-9-5-4-6-10-22/h4-16,19H,17-18H2,1-3H3,(H,28,32)/t19-/m1/s1. The molecule has 3 rings (SSSR count). The molecule has 0 aliphatic carbocycles. The molecule has 36 heavy (non-hydrogen) atoms. The first-order valence-corrected chi connectivity index (χ1v) is 12.6. The molecule has 190 valence electrons. The number of anilines is 1. The highest BCUT2D eigenvalue weighted by atomic mass is 32.2. The van der Waals surface area contributed by atoms with E-state index >= 15 is 0 Å². The van der Waals surface area contributed by atoms with Crippen molar-refractivity contribution in [3.63, 3.8) is 0 Å². The van der Waals surface area contributed by atoms with Crippen molar-refractivity contribution in [2.75, 3.05) is 25.0 Å². The fourth-order valence-electron chi connectivity index (χ4n) is 3.61. The van der Waals surface area contributed by atoms with Crippen LogP contribution in [0.5, 0.6) is 5.75 Å². The molecule has 8 nitrogen and oxygen atoms in total. The van der Waals surface area contributed by atoms with Gasteiger partial charge >= 0.3 is 0 Å². The number of carbonyl (C=O) groups is 2. The third kappa shape index (κ3) is 6.01. The molecule has 0 spiro atoms. The Kier molecular flexibility index (Phi) is 8.65. The lowest BCUT2D eigenvalue weighted by atomic mass is 10.1. The van der Waals surface area contributed by atoms with Crippen molar-refractivity contribution in [1.82, 2.24) is 10.2 Å². The highest BCUT2D eigenvalue weighted by Crippen LogP contribution is 2.27. The maximum Gasteiger partial charge on any atom is 0.264 e. The Labute approximate surface area is 210 Å². The molecule has 3 aromatic rings. The molecule has 10 heteroatoms. The van der Waals surface area contributed by atoms with Gasteiger partial charge in [0.15, 0.2) is 0 Å². The Balaban J connectivity index is 2.01. The van der Waals surface area contributed by atoms with Crippen molar-refractivity contribution < 1.29 is 27.1 Å². The molecule has 1 N–H and O–H groups in total. The zero-order valence-corrected chi connectivity index (χ0v) is 21.0. The quantitative estimate of drug-likeness (QED) is 0.449. The Hall–Kier alpha value is -3.92. The van der Waals surface area contributed by atoms with Crippen LogP contribution in [-0.4, -0.2) is 51.9 Å². The second-order valence-electron chi connectivity index (χ2n) is 7.94. The van der Waals surface area contributed by atoms with Gasteiger partial charge in [-0.3, -0.25) is 13.9 Å². The summed E-state index contributed by atoms with van der Waals surface area (Å²) in [6.07, 6.45) is 0. The summed E-state index contributed by atoms with van der Waals surface area (Å²) in [6.45, 7) is 0.850. The number of carbonyl (C=O) groups excluding carboxylic acids is 2. The van der Waals surface area contributed by atoms with Crippen LogP contribution in [0.2, 0.25) is 0 Å². The molecule has 0 unspecified atom stereocenters. The van der Waals surface area contributed by atoms with Crippen LogP contribution in [0.1, 0.15) is 12.5 Å². The predicted octanol–water partition coefficient (Wildman–Crippen LogP) is 3.19. The topological polar surface area (TPSA) is 96.0 Å². The van der Waals surface area contributed by atoms with E-state index in [0.717, 1.165) is 10.4 Å². The molecular weight excluding hydrogens is 485 g/mol. The van der Waals surface area contributed by atoms with Gasteiger partial charge in [0.2, 0.25) is 11.8 Å². The third-order valence-corrected chi connectivity index (χ3v) is 7.43. The van der Waals surface area contributed by atoms with Gasteiger partial charge in [0.1, 0.15) is 24.2 Å². The van der Waals surface area contributed by atoms with E-state index in [9.17, 15) is 22.4 Å². The van der Waals surface area contributed by atoms with Crippen LogP contribution in [0.3, 0.4) is 0 Å². The van der Waals surface area contributed by atoms with Gasteiger partial charge in [-0.25, -0.2) is 12.8 Å². The molecule has 3 aromatic carbocycles. The molecule has 0 heterocycles. The van der Waals surface area contributed by atoms with Crippen LogP contribution in [0, 0.1) is 5.82 Å². The second kappa shape index (κ2) is 11.7. The zero-order chi connectivity index (χ0) is 26.3.